The van der Waals surface area contributed by atoms with Gasteiger partial charge in [-0.25, -0.2) is 8.78 Å². The van der Waals surface area contributed by atoms with E-state index in [-0.39, 0.29) is 11.3 Å². The Balaban J connectivity index is 2.37. The van der Waals surface area contributed by atoms with Crippen LogP contribution in [0.25, 0.3) is 11.3 Å². The molecular weight excluding hydrogens is 269 g/mol. The second kappa shape index (κ2) is 4.83. The van der Waals surface area contributed by atoms with Crippen molar-refractivity contribution in [1.29, 1.82) is 0 Å². The SMILES string of the molecule is Fc1cc(-c2ncccc2F)ccc1OC(F)(F)F. The number of ether oxygens (including phenoxy) is 1. The van der Waals surface area contributed by atoms with Crippen LogP contribution >= 0.6 is 0 Å². The summed E-state index contributed by atoms with van der Waals surface area (Å²) < 4.78 is 66.1. The van der Waals surface area contributed by atoms with Crippen LogP contribution in [-0.4, -0.2) is 11.3 Å². The fourth-order valence-electron chi connectivity index (χ4n) is 1.45. The molecule has 0 fully saturated rings. The lowest BCUT2D eigenvalue weighted by Crippen LogP contribution is -2.17. The second-order valence-electron chi connectivity index (χ2n) is 3.53. The third-order valence-electron chi connectivity index (χ3n) is 2.19. The summed E-state index contributed by atoms with van der Waals surface area (Å²) in [6.45, 7) is 0. The van der Waals surface area contributed by atoms with Gasteiger partial charge in [0, 0.05) is 11.8 Å². The van der Waals surface area contributed by atoms with E-state index in [0.29, 0.717) is 0 Å². The van der Waals surface area contributed by atoms with Crippen LogP contribution < -0.4 is 4.74 Å². The summed E-state index contributed by atoms with van der Waals surface area (Å²) in [7, 11) is 0. The van der Waals surface area contributed by atoms with E-state index in [0.717, 1.165) is 24.3 Å². The Morgan fingerprint density at radius 3 is 2.32 bits per heavy atom. The normalized spacial score (nSPS) is 11.4. The van der Waals surface area contributed by atoms with Crippen molar-refractivity contribution in [3.05, 3.63) is 48.2 Å². The molecule has 0 N–H and O–H groups in total. The van der Waals surface area contributed by atoms with E-state index in [4.69, 9.17) is 0 Å². The molecule has 0 amide bonds. The Morgan fingerprint density at radius 2 is 1.74 bits per heavy atom. The molecule has 0 aliphatic rings. The van der Waals surface area contributed by atoms with Crippen molar-refractivity contribution in [3.8, 4) is 17.0 Å². The quantitative estimate of drug-likeness (QED) is 0.775. The minimum Gasteiger partial charge on any atom is -0.403 e. The smallest absolute Gasteiger partial charge is 0.403 e. The maximum atomic E-state index is 13.4. The van der Waals surface area contributed by atoms with Crippen LogP contribution in [0.3, 0.4) is 0 Å². The first-order valence-corrected chi connectivity index (χ1v) is 5.03. The maximum Gasteiger partial charge on any atom is 0.573 e. The molecule has 0 saturated heterocycles. The van der Waals surface area contributed by atoms with Crippen molar-refractivity contribution in [2.24, 2.45) is 0 Å². The Labute approximate surface area is 104 Å². The molecule has 0 spiro atoms. The van der Waals surface area contributed by atoms with Crippen molar-refractivity contribution in [2.45, 2.75) is 6.36 Å². The lowest BCUT2D eigenvalue weighted by molar-refractivity contribution is -0.275. The number of rotatable bonds is 2. The van der Waals surface area contributed by atoms with E-state index >= 15 is 0 Å². The molecule has 0 aliphatic carbocycles. The fourth-order valence-corrected chi connectivity index (χ4v) is 1.45. The molecule has 0 bridgehead atoms. The third-order valence-corrected chi connectivity index (χ3v) is 2.19. The summed E-state index contributed by atoms with van der Waals surface area (Å²) in [5.74, 6) is -2.93. The minimum atomic E-state index is -4.99. The monoisotopic (exact) mass is 275 g/mol. The van der Waals surface area contributed by atoms with Crippen molar-refractivity contribution in [2.75, 3.05) is 0 Å². The van der Waals surface area contributed by atoms with Crippen LogP contribution in [0.1, 0.15) is 0 Å². The molecule has 0 atom stereocenters. The van der Waals surface area contributed by atoms with Crippen LogP contribution in [0.5, 0.6) is 5.75 Å². The number of benzene rings is 1. The summed E-state index contributed by atoms with van der Waals surface area (Å²) in [6.07, 6.45) is -3.70. The first-order valence-electron chi connectivity index (χ1n) is 5.03. The van der Waals surface area contributed by atoms with Gasteiger partial charge in [-0.1, -0.05) is 0 Å². The van der Waals surface area contributed by atoms with E-state index < -0.39 is 23.7 Å². The van der Waals surface area contributed by atoms with Crippen molar-refractivity contribution in [3.63, 3.8) is 0 Å². The highest BCUT2D eigenvalue weighted by Gasteiger charge is 2.32. The van der Waals surface area contributed by atoms with Gasteiger partial charge >= 0.3 is 6.36 Å². The highest BCUT2D eigenvalue weighted by molar-refractivity contribution is 5.60. The highest BCUT2D eigenvalue weighted by atomic mass is 19.4. The molecular formula is C12H6F5NO. The zero-order valence-electron chi connectivity index (χ0n) is 9.21. The fraction of sp³-hybridized carbons (Fsp3) is 0.0833. The highest BCUT2D eigenvalue weighted by Crippen LogP contribution is 2.29. The number of pyridine rings is 1. The average Bonchev–Trinajstić information content (AvgIpc) is 2.31. The minimum absolute atomic E-state index is 0.0186. The van der Waals surface area contributed by atoms with E-state index in [2.05, 4.69) is 9.72 Å². The van der Waals surface area contributed by atoms with E-state index in [1.54, 1.807) is 0 Å². The van der Waals surface area contributed by atoms with Crippen LogP contribution in [0.15, 0.2) is 36.5 Å². The van der Waals surface area contributed by atoms with Gasteiger partial charge in [0.05, 0.1) is 0 Å². The molecule has 2 nitrogen and oxygen atoms in total. The molecule has 100 valence electrons. The number of hydrogen-bond acceptors (Lipinski definition) is 2. The van der Waals surface area contributed by atoms with Gasteiger partial charge in [-0.3, -0.25) is 4.98 Å². The second-order valence-corrected chi connectivity index (χ2v) is 3.53. The van der Waals surface area contributed by atoms with Crippen molar-refractivity contribution < 1.29 is 26.7 Å². The average molecular weight is 275 g/mol. The van der Waals surface area contributed by atoms with Gasteiger partial charge in [0.25, 0.3) is 0 Å². The van der Waals surface area contributed by atoms with Gasteiger partial charge in [0.1, 0.15) is 11.5 Å². The van der Waals surface area contributed by atoms with Gasteiger partial charge in [-0.15, -0.1) is 13.2 Å². The molecule has 7 heteroatoms. The molecule has 0 saturated carbocycles. The van der Waals surface area contributed by atoms with Crippen molar-refractivity contribution >= 4 is 0 Å². The lowest BCUT2D eigenvalue weighted by atomic mass is 10.1. The first kappa shape index (κ1) is 13.3. The number of hydrogen-bond donors (Lipinski definition) is 0. The first-order chi connectivity index (χ1) is 8.87. The van der Waals surface area contributed by atoms with E-state index in [1.165, 1.54) is 12.3 Å². The lowest BCUT2D eigenvalue weighted by Gasteiger charge is -2.10. The molecule has 1 aromatic carbocycles. The predicted octanol–water partition coefficient (Wildman–Crippen LogP) is 3.93. The molecule has 0 radical (unpaired) electrons. The Morgan fingerprint density at radius 1 is 1.00 bits per heavy atom. The molecule has 0 unspecified atom stereocenters. The summed E-state index contributed by atoms with van der Waals surface area (Å²) >= 11 is 0. The van der Waals surface area contributed by atoms with Gasteiger partial charge < -0.3 is 4.74 Å². The van der Waals surface area contributed by atoms with Gasteiger partial charge in [0.2, 0.25) is 0 Å². The van der Waals surface area contributed by atoms with Gasteiger partial charge in [-0.2, -0.15) is 0 Å². The summed E-state index contributed by atoms with van der Waals surface area (Å²) in [6, 6.07) is 5.05. The third kappa shape index (κ3) is 3.18. The maximum absolute atomic E-state index is 13.4. The van der Waals surface area contributed by atoms with Crippen molar-refractivity contribution in [1.82, 2.24) is 4.98 Å². The number of alkyl halides is 3. The summed E-state index contributed by atoms with van der Waals surface area (Å²) in [5.41, 5.74) is -0.134. The van der Waals surface area contributed by atoms with Crippen LogP contribution in [0.2, 0.25) is 0 Å². The van der Waals surface area contributed by atoms with Gasteiger partial charge in [0.15, 0.2) is 11.6 Å². The Bertz CT molecular complexity index is 597. The van der Waals surface area contributed by atoms with Gasteiger partial charge in [-0.05, 0) is 30.3 Å². The Hall–Kier alpha value is -2.18. The number of nitrogens with zero attached hydrogens (tertiary/aromatic N) is 1. The Kier molecular flexibility index (Phi) is 3.37. The predicted molar refractivity (Wildman–Crippen MR) is 56.3 cm³/mol. The largest absolute Gasteiger partial charge is 0.573 e. The molecule has 1 heterocycles. The standard InChI is InChI=1S/C12H6F5NO/c13-8-2-1-5-18-11(8)7-3-4-10(9(14)6-7)19-12(15,16)17/h1-6H. The number of aromatic nitrogens is 1. The van der Waals surface area contributed by atoms with E-state index in [1.807, 2.05) is 0 Å². The number of halogens is 5. The van der Waals surface area contributed by atoms with E-state index in [9.17, 15) is 22.0 Å². The molecule has 0 aliphatic heterocycles. The molecule has 1 aromatic heterocycles. The zero-order chi connectivity index (χ0) is 14.0. The van der Waals surface area contributed by atoms with Crippen LogP contribution in [0.4, 0.5) is 22.0 Å². The molecule has 2 aromatic rings. The molecule has 2 rings (SSSR count). The summed E-state index contributed by atoms with van der Waals surface area (Å²) in [5, 5.41) is 0. The zero-order valence-corrected chi connectivity index (χ0v) is 9.21. The van der Waals surface area contributed by atoms with Crippen LogP contribution in [-0.2, 0) is 0 Å². The molecule has 19 heavy (non-hydrogen) atoms. The van der Waals surface area contributed by atoms with Crippen LogP contribution in [0, 0.1) is 11.6 Å². The topological polar surface area (TPSA) is 22.1 Å². The summed E-state index contributed by atoms with van der Waals surface area (Å²) in [4.78, 5) is 3.69.